The molecule has 0 aliphatic heterocycles. The third-order valence-electron chi connectivity index (χ3n) is 3.25. The SMILES string of the molecule is CCC(C(=N)S(=O)(=O)c1ccc(Cl)cc1)c1ccncc1. The van der Waals surface area contributed by atoms with Crippen molar-refractivity contribution in [1.82, 2.24) is 4.98 Å². The van der Waals surface area contributed by atoms with E-state index in [0.717, 1.165) is 5.56 Å². The first-order valence-corrected chi connectivity index (χ1v) is 8.32. The molecule has 0 radical (unpaired) electrons. The van der Waals surface area contributed by atoms with Gasteiger partial charge in [-0.3, -0.25) is 10.4 Å². The molecule has 1 N–H and O–H groups in total. The number of rotatable bonds is 4. The summed E-state index contributed by atoms with van der Waals surface area (Å²) < 4.78 is 25.1. The van der Waals surface area contributed by atoms with Crippen LogP contribution in [0.15, 0.2) is 53.7 Å². The fourth-order valence-corrected chi connectivity index (χ4v) is 3.65. The predicted molar refractivity (Wildman–Crippen MR) is 83.6 cm³/mol. The molecule has 1 aromatic carbocycles. The lowest BCUT2D eigenvalue weighted by Gasteiger charge is -2.16. The molecule has 0 saturated carbocycles. The summed E-state index contributed by atoms with van der Waals surface area (Å²) in [7, 11) is -3.81. The second-order valence-corrected chi connectivity index (χ2v) is 6.92. The average Bonchev–Trinajstić information content (AvgIpc) is 2.49. The summed E-state index contributed by atoms with van der Waals surface area (Å²) in [4.78, 5) is 4.00. The number of sulfone groups is 1. The number of hydrogen-bond acceptors (Lipinski definition) is 4. The van der Waals surface area contributed by atoms with Crippen LogP contribution in [0.2, 0.25) is 5.02 Å². The van der Waals surface area contributed by atoms with E-state index in [1.54, 1.807) is 24.5 Å². The Kier molecular flexibility index (Phi) is 4.75. The van der Waals surface area contributed by atoms with Crippen molar-refractivity contribution in [3.05, 3.63) is 59.4 Å². The highest BCUT2D eigenvalue weighted by atomic mass is 35.5. The lowest BCUT2D eigenvalue weighted by atomic mass is 9.99. The number of hydrogen-bond donors (Lipinski definition) is 1. The molecule has 0 aliphatic carbocycles. The van der Waals surface area contributed by atoms with E-state index >= 15 is 0 Å². The van der Waals surface area contributed by atoms with E-state index in [2.05, 4.69) is 4.98 Å². The molecule has 2 rings (SSSR count). The van der Waals surface area contributed by atoms with Gasteiger partial charge in [0.25, 0.3) is 0 Å². The normalized spacial score (nSPS) is 12.9. The zero-order valence-corrected chi connectivity index (χ0v) is 13.0. The van der Waals surface area contributed by atoms with E-state index in [0.29, 0.717) is 11.4 Å². The zero-order valence-electron chi connectivity index (χ0n) is 11.5. The highest BCUT2D eigenvalue weighted by Gasteiger charge is 2.28. The Balaban J connectivity index is 2.39. The number of nitrogens with zero attached hydrogens (tertiary/aromatic N) is 1. The highest BCUT2D eigenvalue weighted by molar-refractivity contribution is 8.06. The van der Waals surface area contributed by atoms with Crippen LogP contribution in [0, 0.1) is 5.41 Å². The van der Waals surface area contributed by atoms with Gasteiger partial charge in [-0.05, 0) is 48.4 Å². The molecule has 0 spiro atoms. The molecule has 0 bridgehead atoms. The summed E-state index contributed by atoms with van der Waals surface area (Å²) >= 11 is 5.77. The molecule has 1 unspecified atom stereocenters. The van der Waals surface area contributed by atoms with Crippen LogP contribution in [-0.4, -0.2) is 18.4 Å². The molecule has 1 atom stereocenters. The van der Waals surface area contributed by atoms with E-state index in [1.165, 1.54) is 24.3 Å². The monoisotopic (exact) mass is 322 g/mol. The first-order valence-electron chi connectivity index (χ1n) is 6.46. The molecule has 6 heteroatoms. The lowest BCUT2D eigenvalue weighted by molar-refractivity contribution is 0.604. The third-order valence-corrected chi connectivity index (χ3v) is 5.25. The maximum Gasteiger partial charge on any atom is 0.219 e. The molecular weight excluding hydrogens is 308 g/mol. The molecule has 0 aliphatic rings. The van der Waals surface area contributed by atoms with Crippen LogP contribution in [0.5, 0.6) is 0 Å². The first-order chi connectivity index (χ1) is 9.96. The van der Waals surface area contributed by atoms with Crippen LogP contribution in [0.4, 0.5) is 0 Å². The van der Waals surface area contributed by atoms with E-state index in [1.807, 2.05) is 6.92 Å². The van der Waals surface area contributed by atoms with Crippen molar-refractivity contribution in [1.29, 1.82) is 5.41 Å². The maximum atomic E-state index is 12.5. The van der Waals surface area contributed by atoms with Crippen molar-refractivity contribution in [2.45, 2.75) is 24.2 Å². The van der Waals surface area contributed by atoms with Crippen molar-refractivity contribution in [3.63, 3.8) is 0 Å². The minimum absolute atomic E-state index is 0.0874. The van der Waals surface area contributed by atoms with Crippen LogP contribution in [0.25, 0.3) is 0 Å². The van der Waals surface area contributed by atoms with Crippen molar-refractivity contribution in [2.24, 2.45) is 0 Å². The molecule has 0 fully saturated rings. The predicted octanol–water partition coefficient (Wildman–Crippen LogP) is 3.68. The molecule has 2 aromatic rings. The van der Waals surface area contributed by atoms with Crippen molar-refractivity contribution < 1.29 is 8.42 Å². The maximum absolute atomic E-state index is 12.5. The van der Waals surface area contributed by atoms with Gasteiger partial charge < -0.3 is 0 Å². The largest absolute Gasteiger partial charge is 0.293 e. The van der Waals surface area contributed by atoms with Gasteiger partial charge in [0, 0.05) is 23.3 Å². The van der Waals surface area contributed by atoms with Gasteiger partial charge >= 0.3 is 0 Å². The number of nitrogens with one attached hydrogen (secondary N) is 1. The fraction of sp³-hybridized carbons (Fsp3) is 0.200. The molecule has 21 heavy (non-hydrogen) atoms. The van der Waals surface area contributed by atoms with E-state index in [9.17, 15) is 8.42 Å². The van der Waals surface area contributed by atoms with Crippen LogP contribution in [0.3, 0.4) is 0 Å². The Morgan fingerprint density at radius 3 is 2.29 bits per heavy atom. The number of benzene rings is 1. The second kappa shape index (κ2) is 6.37. The molecule has 4 nitrogen and oxygen atoms in total. The number of aromatic nitrogens is 1. The van der Waals surface area contributed by atoms with E-state index in [4.69, 9.17) is 17.0 Å². The van der Waals surface area contributed by atoms with E-state index < -0.39 is 15.8 Å². The van der Waals surface area contributed by atoms with Gasteiger partial charge in [-0.15, -0.1) is 0 Å². The molecule has 1 aromatic heterocycles. The Labute approximate surface area is 129 Å². The first kappa shape index (κ1) is 15.7. The van der Waals surface area contributed by atoms with Gasteiger partial charge in [-0.25, -0.2) is 8.42 Å². The van der Waals surface area contributed by atoms with Crippen molar-refractivity contribution in [3.8, 4) is 0 Å². The quantitative estimate of drug-likeness (QED) is 0.689. The Morgan fingerprint density at radius 1 is 1.19 bits per heavy atom. The van der Waals surface area contributed by atoms with Gasteiger partial charge in [0.1, 0.15) is 5.04 Å². The number of pyridine rings is 1. The van der Waals surface area contributed by atoms with Crippen LogP contribution in [0.1, 0.15) is 24.8 Å². The Morgan fingerprint density at radius 2 is 1.76 bits per heavy atom. The van der Waals surface area contributed by atoms with Crippen LogP contribution >= 0.6 is 11.6 Å². The van der Waals surface area contributed by atoms with Crippen LogP contribution in [-0.2, 0) is 9.84 Å². The molecule has 0 saturated heterocycles. The van der Waals surface area contributed by atoms with Gasteiger partial charge in [0.05, 0.1) is 4.90 Å². The van der Waals surface area contributed by atoms with Crippen LogP contribution < -0.4 is 0 Å². The summed E-state index contributed by atoms with van der Waals surface area (Å²) in [6.07, 6.45) is 3.72. The Bertz CT molecular complexity index is 728. The minimum Gasteiger partial charge on any atom is -0.293 e. The summed E-state index contributed by atoms with van der Waals surface area (Å²) in [6, 6.07) is 9.33. The average molecular weight is 323 g/mol. The number of halogens is 1. The smallest absolute Gasteiger partial charge is 0.219 e. The lowest BCUT2D eigenvalue weighted by Crippen LogP contribution is -2.22. The molecule has 110 valence electrons. The summed E-state index contributed by atoms with van der Waals surface area (Å²) in [5, 5.41) is 8.29. The third kappa shape index (κ3) is 3.31. The molecule has 0 amide bonds. The van der Waals surface area contributed by atoms with E-state index in [-0.39, 0.29) is 9.94 Å². The van der Waals surface area contributed by atoms with Gasteiger partial charge in [-0.1, -0.05) is 18.5 Å². The van der Waals surface area contributed by atoms with Gasteiger partial charge in [0.15, 0.2) is 0 Å². The van der Waals surface area contributed by atoms with Crippen molar-refractivity contribution in [2.75, 3.05) is 0 Å². The fourth-order valence-electron chi connectivity index (χ4n) is 2.10. The standard InChI is InChI=1S/C15H15ClN2O2S/c1-2-14(11-7-9-18-10-8-11)15(17)21(19,20)13-5-3-12(16)4-6-13/h3-10,14,17H,2H2,1H3. The van der Waals surface area contributed by atoms with Gasteiger partial charge in [0.2, 0.25) is 9.84 Å². The summed E-state index contributed by atoms with van der Waals surface area (Å²) in [5.41, 5.74) is 0.773. The summed E-state index contributed by atoms with van der Waals surface area (Å²) in [5.74, 6) is -0.478. The topological polar surface area (TPSA) is 70.9 Å². The van der Waals surface area contributed by atoms with Gasteiger partial charge in [-0.2, -0.15) is 0 Å². The highest BCUT2D eigenvalue weighted by Crippen LogP contribution is 2.26. The Hall–Kier alpha value is -1.72. The molecular formula is C15H15ClN2O2S. The van der Waals surface area contributed by atoms with Crippen molar-refractivity contribution >= 4 is 26.5 Å². The second-order valence-electron chi connectivity index (χ2n) is 4.56. The summed E-state index contributed by atoms with van der Waals surface area (Å²) in [6.45, 7) is 1.86. The minimum atomic E-state index is -3.81. The zero-order chi connectivity index (χ0) is 15.5. The molecule has 1 heterocycles.